The molecule has 0 aromatic rings. The van der Waals surface area contributed by atoms with Crippen LogP contribution in [0.2, 0.25) is 0 Å². The third-order valence-corrected chi connectivity index (χ3v) is 1.12. The van der Waals surface area contributed by atoms with Crippen LogP contribution in [0.1, 0.15) is 20.3 Å². The SMILES string of the molecule is C=C(C)C(=O)OC(C)CC(=O)O. The van der Waals surface area contributed by atoms with Crippen molar-refractivity contribution in [2.75, 3.05) is 0 Å². The summed E-state index contributed by atoms with van der Waals surface area (Å²) in [6, 6.07) is 0. The molecule has 0 rings (SSSR count). The highest BCUT2D eigenvalue weighted by molar-refractivity contribution is 5.87. The van der Waals surface area contributed by atoms with Crippen LogP contribution < -0.4 is 0 Å². The molecule has 12 heavy (non-hydrogen) atoms. The molecule has 4 heteroatoms. The molecule has 0 radical (unpaired) electrons. The van der Waals surface area contributed by atoms with Crippen LogP contribution in [0.15, 0.2) is 12.2 Å². The average molecular weight is 172 g/mol. The van der Waals surface area contributed by atoms with E-state index < -0.39 is 18.0 Å². The van der Waals surface area contributed by atoms with Crippen LogP contribution in [0.5, 0.6) is 0 Å². The Morgan fingerprint density at radius 2 is 2.08 bits per heavy atom. The number of esters is 1. The summed E-state index contributed by atoms with van der Waals surface area (Å²) in [5.74, 6) is -1.54. The predicted molar refractivity (Wildman–Crippen MR) is 42.6 cm³/mol. The predicted octanol–water partition coefficient (Wildman–Crippen LogP) is 0.969. The molecule has 0 heterocycles. The van der Waals surface area contributed by atoms with Crippen molar-refractivity contribution >= 4 is 11.9 Å². The number of carbonyl (C=O) groups is 2. The van der Waals surface area contributed by atoms with Gasteiger partial charge in [0.1, 0.15) is 6.10 Å². The lowest BCUT2D eigenvalue weighted by Crippen LogP contribution is -2.18. The summed E-state index contributed by atoms with van der Waals surface area (Å²) in [7, 11) is 0. The molecule has 1 N–H and O–H groups in total. The molecule has 0 fully saturated rings. The maximum atomic E-state index is 10.8. The first-order valence-electron chi connectivity index (χ1n) is 3.51. The quantitative estimate of drug-likeness (QED) is 0.507. The van der Waals surface area contributed by atoms with E-state index in [2.05, 4.69) is 6.58 Å². The topological polar surface area (TPSA) is 63.6 Å². The first-order valence-corrected chi connectivity index (χ1v) is 3.51. The van der Waals surface area contributed by atoms with E-state index in [4.69, 9.17) is 9.84 Å². The van der Waals surface area contributed by atoms with E-state index in [-0.39, 0.29) is 12.0 Å². The third kappa shape index (κ3) is 4.49. The first-order chi connectivity index (χ1) is 5.43. The van der Waals surface area contributed by atoms with E-state index in [0.29, 0.717) is 0 Å². The van der Waals surface area contributed by atoms with Gasteiger partial charge in [0.15, 0.2) is 0 Å². The number of ether oxygens (including phenoxy) is 1. The highest BCUT2D eigenvalue weighted by Crippen LogP contribution is 2.01. The van der Waals surface area contributed by atoms with E-state index >= 15 is 0 Å². The van der Waals surface area contributed by atoms with Crippen molar-refractivity contribution in [1.29, 1.82) is 0 Å². The third-order valence-electron chi connectivity index (χ3n) is 1.12. The Balaban J connectivity index is 3.84. The van der Waals surface area contributed by atoms with Gasteiger partial charge < -0.3 is 9.84 Å². The molecule has 0 saturated carbocycles. The standard InChI is InChI=1S/C8H12O4/c1-5(2)8(11)12-6(3)4-7(9)10/h6H,1,4H2,2-3H3,(H,9,10). The number of carboxylic acids is 1. The lowest BCUT2D eigenvalue weighted by molar-refractivity contribution is -0.148. The van der Waals surface area contributed by atoms with Crippen molar-refractivity contribution in [3.63, 3.8) is 0 Å². The fourth-order valence-corrected chi connectivity index (χ4v) is 0.571. The molecule has 0 bridgehead atoms. The van der Waals surface area contributed by atoms with Gasteiger partial charge in [0.2, 0.25) is 0 Å². The largest absolute Gasteiger partial charge is 0.481 e. The lowest BCUT2D eigenvalue weighted by Gasteiger charge is -2.09. The molecule has 0 amide bonds. The minimum Gasteiger partial charge on any atom is -0.481 e. The van der Waals surface area contributed by atoms with Gasteiger partial charge in [0.25, 0.3) is 0 Å². The number of hydrogen-bond donors (Lipinski definition) is 1. The summed E-state index contributed by atoms with van der Waals surface area (Å²) in [5, 5.41) is 8.32. The maximum Gasteiger partial charge on any atom is 0.333 e. The molecule has 0 saturated heterocycles. The highest BCUT2D eigenvalue weighted by atomic mass is 16.5. The number of aliphatic carboxylic acids is 1. The van der Waals surface area contributed by atoms with Gasteiger partial charge >= 0.3 is 11.9 Å². The summed E-state index contributed by atoms with van der Waals surface area (Å²) in [6.45, 7) is 6.40. The molecule has 0 aliphatic heterocycles. The second-order valence-electron chi connectivity index (χ2n) is 2.59. The Hall–Kier alpha value is -1.32. The van der Waals surface area contributed by atoms with E-state index in [0.717, 1.165) is 0 Å². The van der Waals surface area contributed by atoms with E-state index in [9.17, 15) is 9.59 Å². The van der Waals surface area contributed by atoms with Crippen LogP contribution >= 0.6 is 0 Å². The summed E-state index contributed by atoms with van der Waals surface area (Å²) in [4.78, 5) is 21.0. The van der Waals surface area contributed by atoms with Crippen LogP contribution in [0, 0.1) is 0 Å². The molecule has 0 aromatic carbocycles. The molecule has 1 unspecified atom stereocenters. The maximum absolute atomic E-state index is 10.8. The van der Waals surface area contributed by atoms with Crippen LogP contribution in [-0.2, 0) is 14.3 Å². The molecule has 1 atom stereocenters. The fraction of sp³-hybridized carbons (Fsp3) is 0.500. The van der Waals surface area contributed by atoms with Gasteiger partial charge in [-0.2, -0.15) is 0 Å². The molecule has 0 spiro atoms. The van der Waals surface area contributed by atoms with E-state index in [1.807, 2.05) is 0 Å². The molecule has 4 nitrogen and oxygen atoms in total. The van der Waals surface area contributed by atoms with Gasteiger partial charge in [-0.05, 0) is 13.8 Å². The zero-order valence-corrected chi connectivity index (χ0v) is 7.16. The van der Waals surface area contributed by atoms with Gasteiger partial charge in [0.05, 0.1) is 6.42 Å². The van der Waals surface area contributed by atoms with Crippen molar-refractivity contribution in [1.82, 2.24) is 0 Å². The molecular formula is C8H12O4. The Morgan fingerprint density at radius 1 is 1.58 bits per heavy atom. The Morgan fingerprint density at radius 3 is 2.42 bits per heavy atom. The first kappa shape index (κ1) is 10.7. The second-order valence-corrected chi connectivity index (χ2v) is 2.59. The Bertz CT molecular complexity index is 207. The Labute approximate surface area is 70.8 Å². The molecular weight excluding hydrogens is 160 g/mol. The summed E-state index contributed by atoms with van der Waals surface area (Å²) >= 11 is 0. The van der Waals surface area contributed by atoms with Crippen molar-refractivity contribution < 1.29 is 19.4 Å². The number of carbonyl (C=O) groups excluding carboxylic acids is 1. The zero-order chi connectivity index (χ0) is 9.72. The van der Waals surface area contributed by atoms with Gasteiger partial charge in [0, 0.05) is 5.57 Å². The molecule has 0 aromatic heterocycles. The number of rotatable bonds is 4. The van der Waals surface area contributed by atoms with Crippen LogP contribution in [0.4, 0.5) is 0 Å². The van der Waals surface area contributed by atoms with Gasteiger partial charge in [-0.15, -0.1) is 0 Å². The van der Waals surface area contributed by atoms with Gasteiger partial charge in [-0.25, -0.2) is 4.79 Å². The fourth-order valence-electron chi connectivity index (χ4n) is 0.571. The van der Waals surface area contributed by atoms with Gasteiger partial charge in [-0.3, -0.25) is 4.79 Å². The van der Waals surface area contributed by atoms with Crippen molar-refractivity contribution in [2.24, 2.45) is 0 Å². The smallest absolute Gasteiger partial charge is 0.333 e. The minimum atomic E-state index is -0.989. The summed E-state index contributed by atoms with van der Waals surface area (Å²) < 4.78 is 4.70. The monoisotopic (exact) mass is 172 g/mol. The highest BCUT2D eigenvalue weighted by Gasteiger charge is 2.12. The lowest BCUT2D eigenvalue weighted by atomic mass is 10.3. The minimum absolute atomic E-state index is 0.182. The Kier molecular flexibility index (Phi) is 4.04. The van der Waals surface area contributed by atoms with Crippen LogP contribution in [0.3, 0.4) is 0 Å². The molecule has 0 aliphatic carbocycles. The van der Waals surface area contributed by atoms with Crippen molar-refractivity contribution in [2.45, 2.75) is 26.4 Å². The summed E-state index contributed by atoms with van der Waals surface area (Å²) in [6.07, 6.45) is -0.786. The molecule has 68 valence electrons. The van der Waals surface area contributed by atoms with Crippen molar-refractivity contribution in [3.8, 4) is 0 Å². The van der Waals surface area contributed by atoms with Gasteiger partial charge in [-0.1, -0.05) is 6.58 Å². The normalized spacial score (nSPS) is 11.8. The average Bonchev–Trinajstić information content (AvgIpc) is 1.84. The number of carboxylic acid groups (broad SMARTS) is 1. The second kappa shape index (κ2) is 4.54. The van der Waals surface area contributed by atoms with Crippen LogP contribution in [0.25, 0.3) is 0 Å². The summed E-state index contributed by atoms with van der Waals surface area (Å²) in [5.41, 5.74) is 0.271. The van der Waals surface area contributed by atoms with Crippen LogP contribution in [-0.4, -0.2) is 23.1 Å². The number of hydrogen-bond acceptors (Lipinski definition) is 3. The zero-order valence-electron chi connectivity index (χ0n) is 7.16. The van der Waals surface area contributed by atoms with E-state index in [1.54, 1.807) is 0 Å². The molecule has 0 aliphatic rings. The van der Waals surface area contributed by atoms with E-state index in [1.165, 1.54) is 13.8 Å². The van der Waals surface area contributed by atoms with Crippen molar-refractivity contribution in [3.05, 3.63) is 12.2 Å².